The van der Waals surface area contributed by atoms with Gasteiger partial charge in [0.05, 0.1) is 15.9 Å². The minimum absolute atomic E-state index is 0. The van der Waals surface area contributed by atoms with Crippen LogP contribution < -0.4 is 29.6 Å². The van der Waals surface area contributed by atoms with Crippen LogP contribution in [0.1, 0.15) is 0 Å². The second-order valence-electron chi connectivity index (χ2n) is 0.951. The molecule has 0 heterocycles. The van der Waals surface area contributed by atoms with Gasteiger partial charge in [0.25, 0.3) is 0 Å². The maximum Gasteiger partial charge on any atom is 1.00 e. The summed E-state index contributed by atoms with van der Waals surface area (Å²) in [4.78, 5) is 0. The van der Waals surface area contributed by atoms with Gasteiger partial charge in [-0.3, -0.25) is 0 Å². The Hall–Kier alpha value is 1.16. The van der Waals surface area contributed by atoms with Crippen LogP contribution in [0.25, 0.3) is 0 Å². The van der Waals surface area contributed by atoms with Crippen molar-refractivity contribution in [2.75, 3.05) is 11.6 Å². The van der Waals surface area contributed by atoms with Gasteiger partial charge < -0.3 is 10.0 Å². The summed E-state index contributed by atoms with van der Waals surface area (Å²) in [5, 5.41) is 0. The van der Waals surface area contributed by atoms with Crippen LogP contribution in [0.3, 0.4) is 0 Å². The first-order chi connectivity index (χ1) is 3.06. The zero-order chi connectivity index (χ0) is 5.91. The molecule has 7 heteroatoms. The van der Waals surface area contributed by atoms with Crippen molar-refractivity contribution in [3.05, 3.63) is 0 Å². The van der Waals surface area contributed by atoms with Gasteiger partial charge in [-0.05, 0) is 0 Å². The van der Waals surface area contributed by atoms with Crippen molar-refractivity contribution in [1.82, 2.24) is 0 Å². The minimum atomic E-state index is -4.06. The number of halogens is 1. The van der Waals surface area contributed by atoms with Gasteiger partial charge in [0.15, 0.2) is 0 Å². The summed E-state index contributed by atoms with van der Waals surface area (Å²) in [5.74, 6) is -0.597. The Morgan fingerprint density at radius 3 is 1.78 bits per heavy atom. The summed E-state index contributed by atoms with van der Waals surface area (Å²) >= 11 is 4.91. The Balaban J connectivity index is -0.000000180. The number of hydrogen-bond acceptors (Lipinski definition) is 3. The van der Waals surface area contributed by atoms with Crippen LogP contribution in [0.15, 0.2) is 0 Å². The van der Waals surface area contributed by atoms with Gasteiger partial charge in [-0.15, -0.1) is 11.6 Å². The molecule has 0 atom stereocenters. The largest absolute Gasteiger partial charge is 1.00 e. The van der Waals surface area contributed by atoms with Crippen LogP contribution in [-0.2, 0) is 10.1 Å². The molecule has 0 radical (unpaired) electrons. The quantitative estimate of drug-likeness (QED) is 0.249. The normalized spacial score (nSPS) is 9.11. The predicted molar refractivity (Wildman–Crippen MR) is 28.9 cm³/mol. The molecule has 0 unspecified atom stereocenters. The molecule has 0 rings (SSSR count). The van der Waals surface area contributed by atoms with E-state index in [0.29, 0.717) is 0 Å². The monoisotopic (exact) mass is 184 g/mol. The standard InChI is InChI=1S/C2H5ClO3S.Na.H2O/c3-1-2-7(4,5)6;;/h1-2H2,(H,4,5,6);;1H2/q;+1;/p-1. The van der Waals surface area contributed by atoms with Crippen molar-refractivity contribution >= 4 is 21.7 Å². The molecule has 0 bridgehead atoms. The Labute approximate surface area is 80.9 Å². The predicted octanol–water partition coefficient (Wildman–Crippen LogP) is -4.05. The molecule has 2 N–H and O–H groups in total. The summed E-state index contributed by atoms with van der Waals surface area (Å²) in [6, 6.07) is 0. The maximum atomic E-state index is 9.59. The van der Waals surface area contributed by atoms with Crippen LogP contribution in [0.2, 0.25) is 0 Å². The molecule has 4 nitrogen and oxygen atoms in total. The third-order valence-corrected chi connectivity index (χ3v) is 1.44. The third-order valence-electron chi connectivity index (χ3n) is 0.327. The fourth-order valence-corrected chi connectivity index (χ4v) is 0.850. The number of rotatable bonds is 2. The van der Waals surface area contributed by atoms with Crippen molar-refractivity contribution in [3.63, 3.8) is 0 Å². The Morgan fingerprint density at radius 1 is 1.44 bits per heavy atom. The van der Waals surface area contributed by atoms with Crippen LogP contribution in [0, 0.1) is 0 Å². The summed E-state index contributed by atoms with van der Waals surface area (Å²) in [5.41, 5.74) is 0. The average Bonchev–Trinajstić information content (AvgIpc) is 1.30. The number of hydrogen-bond donors (Lipinski definition) is 0. The van der Waals surface area contributed by atoms with Gasteiger partial charge >= 0.3 is 29.6 Å². The van der Waals surface area contributed by atoms with E-state index in [4.69, 9.17) is 11.6 Å². The molecule has 0 amide bonds. The van der Waals surface area contributed by atoms with E-state index in [-0.39, 0.29) is 40.9 Å². The molecule has 0 saturated heterocycles. The molecule has 0 saturated carbocycles. The van der Waals surface area contributed by atoms with E-state index >= 15 is 0 Å². The summed E-state index contributed by atoms with van der Waals surface area (Å²) in [7, 11) is -4.06. The molecule has 0 aliphatic rings. The van der Waals surface area contributed by atoms with Gasteiger partial charge in [0.1, 0.15) is 0 Å². The van der Waals surface area contributed by atoms with E-state index in [1.54, 1.807) is 0 Å². The van der Waals surface area contributed by atoms with Crippen molar-refractivity contribution in [3.8, 4) is 0 Å². The third kappa shape index (κ3) is 17.6. The van der Waals surface area contributed by atoms with Crippen molar-refractivity contribution in [2.45, 2.75) is 0 Å². The summed E-state index contributed by atoms with van der Waals surface area (Å²) in [6.45, 7) is 0. The fourth-order valence-electron chi connectivity index (χ4n) is 0.0945. The Morgan fingerprint density at radius 2 is 1.78 bits per heavy atom. The molecular formula is C2H6ClNaO4S. The van der Waals surface area contributed by atoms with Gasteiger partial charge in [0, 0.05) is 5.88 Å². The first kappa shape index (κ1) is 16.6. The van der Waals surface area contributed by atoms with E-state index in [1.807, 2.05) is 0 Å². The smallest absolute Gasteiger partial charge is 0.748 e. The van der Waals surface area contributed by atoms with Crippen molar-refractivity contribution in [1.29, 1.82) is 0 Å². The molecule has 0 spiro atoms. The van der Waals surface area contributed by atoms with E-state index in [1.165, 1.54) is 0 Å². The van der Waals surface area contributed by atoms with Crippen LogP contribution >= 0.6 is 11.6 Å². The second kappa shape index (κ2) is 7.27. The van der Waals surface area contributed by atoms with E-state index in [9.17, 15) is 13.0 Å². The molecule has 0 aromatic carbocycles. The van der Waals surface area contributed by atoms with Crippen LogP contribution in [-0.4, -0.2) is 30.1 Å². The maximum absolute atomic E-state index is 9.59. The van der Waals surface area contributed by atoms with E-state index in [0.717, 1.165) is 0 Å². The van der Waals surface area contributed by atoms with E-state index < -0.39 is 15.9 Å². The van der Waals surface area contributed by atoms with Gasteiger partial charge in [-0.25, -0.2) is 8.42 Å². The Kier molecular flexibility index (Phi) is 13.4. The molecule has 0 aliphatic carbocycles. The topological polar surface area (TPSA) is 88.7 Å². The van der Waals surface area contributed by atoms with Gasteiger partial charge in [-0.1, -0.05) is 0 Å². The summed E-state index contributed by atoms with van der Waals surface area (Å²) < 4.78 is 28.8. The van der Waals surface area contributed by atoms with Gasteiger partial charge in [-0.2, -0.15) is 0 Å². The van der Waals surface area contributed by atoms with Crippen molar-refractivity contribution < 1.29 is 48.0 Å². The minimum Gasteiger partial charge on any atom is -0.748 e. The SMILES string of the molecule is O.O=S(=O)([O-])CCCl.[Na+]. The Bertz CT molecular complexity index is 132. The van der Waals surface area contributed by atoms with Gasteiger partial charge in [0.2, 0.25) is 0 Å². The molecule has 0 fully saturated rings. The number of alkyl halides is 1. The second-order valence-corrected chi connectivity index (χ2v) is 2.85. The molecule has 0 aromatic rings. The zero-order valence-electron chi connectivity index (χ0n) is 4.93. The van der Waals surface area contributed by atoms with E-state index in [2.05, 4.69) is 0 Å². The molecule has 0 aromatic heterocycles. The van der Waals surface area contributed by atoms with Crippen LogP contribution in [0.4, 0.5) is 0 Å². The summed E-state index contributed by atoms with van der Waals surface area (Å²) in [6.07, 6.45) is 0. The first-order valence-electron chi connectivity index (χ1n) is 1.56. The molecular weight excluding hydrogens is 179 g/mol. The molecule has 0 aliphatic heterocycles. The van der Waals surface area contributed by atoms with Crippen LogP contribution in [0.5, 0.6) is 0 Å². The fraction of sp³-hybridized carbons (Fsp3) is 1.00. The zero-order valence-corrected chi connectivity index (χ0v) is 8.50. The first-order valence-corrected chi connectivity index (χ1v) is 3.67. The molecule has 9 heavy (non-hydrogen) atoms. The molecule has 52 valence electrons. The average molecular weight is 185 g/mol. The van der Waals surface area contributed by atoms with Crippen molar-refractivity contribution in [2.24, 2.45) is 0 Å².